The number of hydrogen-bond donors (Lipinski definition) is 1. The third kappa shape index (κ3) is 1.99. The zero-order valence-electron chi connectivity index (χ0n) is 7.67. The van der Waals surface area contributed by atoms with Crippen molar-refractivity contribution in [1.29, 1.82) is 0 Å². The fourth-order valence-corrected chi connectivity index (χ4v) is 2.19. The molecule has 0 atom stereocenters. The predicted octanol–water partition coefficient (Wildman–Crippen LogP) is 1.83. The minimum atomic E-state index is 0.429. The minimum Gasteiger partial charge on any atom is -0.375 e. The van der Waals surface area contributed by atoms with E-state index >= 15 is 0 Å². The Labute approximate surface area is 74.5 Å². The molecule has 2 nitrogen and oxygen atoms in total. The van der Waals surface area contributed by atoms with Crippen molar-refractivity contribution in [2.45, 2.75) is 63.2 Å². The highest BCUT2D eigenvalue weighted by atomic mass is 16.5. The maximum atomic E-state index is 5.92. The molecule has 70 valence electrons. The lowest BCUT2D eigenvalue weighted by Crippen LogP contribution is -2.43. The van der Waals surface area contributed by atoms with Crippen LogP contribution in [0.2, 0.25) is 0 Å². The Morgan fingerprint density at radius 1 is 0.917 bits per heavy atom. The SMILES string of the molecule is NC1CC(OC2CCCCC2)C1. The fourth-order valence-electron chi connectivity index (χ4n) is 2.19. The van der Waals surface area contributed by atoms with Crippen molar-refractivity contribution < 1.29 is 4.74 Å². The molecule has 0 heterocycles. The molecule has 0 radical (unpaired) electrons. The van der Waals surface area contributed by atoms with Crippen LogP contribution >= 0.6 is 0 Å². The van der Waals surface area contributed by atoms with Gasteiger partial charge in [-0.25, -0.2) is 0 Å². The summed E-state index contributed by atoms with van der Waals surface area (Å²) in [5.41, 5.74) is 5.69. The number of ether oxygens (including phenoxy) is 1. The van der Waals surface area contributed by atoms with Crippen LogP contribution in [-0.4, -0.2) is 18.2 Å². The summed E-state index contributed by atoms with van der Waals surface area (Å²) in [6, 6.07) is 0.429. The first-order valence-corrected chi connectivity index (χ1v) is 5.25. The Bertz CT molecular complexity index is 137. The van der Waals surface area contributed by atoms with E-state index in [1.807, 2.05) is 0 Å². The van der Waals surface area contributed by atoms with Gasteiger partial charge in [0.2, 0.25) is 0 Å². The van der Waals surface area contributed by atoms with E-state index in [9.17, 15) is 0 Å². The Hall–Kier alpha value is -0.0800. The van der Waals surface area contributed by atoms with E-state index < -0.39 is 0 Å². The van der Waals surface area contributed by atoms with Gasteiger partial charge < -0.3 is 10.5 Å². The van der Waals surface area contributed by atoms with Gasteiger partial charge in [-0.05, 0) is 25.7 Å². The quantitative estimate of drug-likeness (QED) is 0.684. The molecule has 2 N–H and O–H groups in total. The van der Waals surface area contributed by atoms with Crippen LogP contribution < -0.4 is 5.73 Å². The molecule has 0 spiro atoms. The van der Waals surface area contributed by atoms with Gasteiger partial charge in [0.1, 0.15) is 0 Å². The molecule has 2 aliphatic rings. The molecule has 2 saturated carbocycles. The molecule has 0 bridgehead atoms. The van der Waals surface area contributed by atoms with Crippen molar-refractivity contribution in [3.63, 3.8) is 0 Å². The normalized spacial score (nSPS) is 37.8. The van der Waals surface area contributed by atoms with E-state index in [1.165, 1.54) is 32.1 Å². The van der Waals surface area contributed by atoms with Crippen molar-refractivity contribution in [3.8, 4) is 0 Å². The van der Waals surface area contributed by atoms with E-state index in [1.54, 1.807) is 0 Å². The van der Waals surface area contributed by atoms with Gasteiger partial charge in [0.05, 0.1) is 12.2 Å². The monoisotopic (exact) mass is 169 g/mol. The van der Waals surface area contributed by atoms with Crippen LogP contribution in [0, 0.1) is 0 Å². The van der Waals surface area contributed by atoms with Gasteiger partial charge in [-0.3, -0.25) is 0 Å². The summed E-state index contributed by atoms with van der Waals surface area (Å²) in [6.45, 7) is 0. The topological polar surface area (TPSA) is 35.2 Å². The molecule has 0 saturated heterocycles. The molecule has 12 heavy (non-hydrogen) atoms. The predicted molar refractivity (Wildman–Crippen MR) is 49.0 cm³/mol. The second kappa shape index (κ2) is 3.75. The molecule has 2 fully saturated rings. The maximum absolute atomic E-state index is 5.92. The minimum absolute atomic E-state index is 0.429. The molecule has 2 rings (SSSR count). The summed E-state index contributed by atoms with van der Waals surface area (Å²) < 4.78 is 5.92. The second-order valence-corrected chi connectivity index (χ2v) is 4.25. The van der Waals surface area contributed by atoms with Crippen molar-refractivity contribution >= 4 is 0 Å². The van der Waals surface area contributed by atoms with Gasteiger partial charge >= 0.3 is 0 Å². The molecule has 2 aliphatic carbocycles. The lowest BCUT2D eigenvalue weighted by atomic mass is 9.89. The largest absolute Gasteiger partial charge is 0.375 e. The van der Waals surface area contributed by atoms with E-state index in [0.717, 1.165) is 12.8 Å². The molecule has 0 aromatic carbocycles. The Kier molecular flexibility index (Phi) is 2.66. The standard InChI is InChI=1S/C10H19NO/c11-8-6-10(7-8)12-9-4-2-1-3-5-9/h8-10H,1-7,11H2. The number of rotatable bonds is 2. The molecule has 0 unspecified atom stereocenters. The van der Waals surface area contributed by atoms with Gasteiger partial charge in [0.15, 0.2) is 0 Å². The molecule has 2 heteroatoms. The van der Waals surface area contributed by atoms with Crippen LogP contribution in [0.4, 0.5) is 0 Å². The zero-order valence-corrected chi connectivity index (χ0v) is 7.67. The molecule has 0 aromatic heterocycles. The first-order chi connectivity index (χ1) is 5.84. The van der Waals surface area contributed by atoms with E-state index in [0.29, 0.717) is 18.2 Å². The van der Waals surface area contributed by atoms with Crippen LogP contribution in [0.5, 0.6) is 0 Å². The van der Waals surface area contributed by atoms with Crippen molar-refractivity contribution in [3.05, 3.63) is 0 Å². The third-order valence-electron chi connectivity index (χ3n) is 3.07. The van der Waals surface area contributed by atoms with Gasteiger partial charge in [0, 0.05) is 6.04 Å². The van der Waals surface area contributed by atoms with Gasteiger partial charge in [-0.15, -0.1) is 0 Å². The first-order valence-electron chi connectivity index (χ1n) is 5.25. The van der Waals surface area contributed by atoms with Crippen LogP contribution in [0.3, 0.4) is 0 Å². The maximum Gasteiger partial charge on any atom is 0.0608 e. The smallest absolute Gasteiger partial charge is 0.0608 e. The van der Waals surface area contributed by atoms with E-state index in [4.69, 9.17) is 10.5 Å². The van der Waals surface area contributed by atoms with Crippen LogP contribution in [0.15, 0.2) is 0 Å². The average Bonchev–Trinajstić information content (AvgIpc) is 2.04. The fraction of sp³-hybridized carbons (Fsp3) is 1.00. The summed E-state index contributed by atoms with van der Waals surface area (Å²) in [6.07, 6.45) is 9.96. The van der Waals surface area contributed by atoms with E-state index in [-0.39, 0.29) is 0 Å². The van der Waals surface area contributed by atoms with Crippen molar-refractivity contribution in [2.24, 2.45) is 5.73 Å². The zero-order chi connectivity index (χ0) is 8.39. The summed E-state index contributed by atoms with van der Waals surface area (Å²) >= 11 is 0. The van der Waals surface area contributed by atoms with Crippen molar-refractivity contribution in [2.75, 3.05) is 0 Å². The van der Waals surface area contributed by atoms with Gasteiger partial charge in [-0.2, -0.15) is 0 Å². The lowest BCUT2D eigenvalue weighted by molar-refractivity contribution is -0.0713. The third-order valence-corrected chi connectivity index (χ3v) is 3.07. The average molecular weight is 169 g/mol. The Balaban J connectivity index is 1.65. The van der Waals surface area contributed by atoms with Gasteiger partial charge in [-0.1, -0.05) is 19.3 Å². The molecular formula is C10H19NO. The lowest BCUT2D eigenvalue weighted by Gasteiger charge is -2.36. The number of hydrogen-bond acceptors (Lipinski definition) is 2. The summed E-state index contributed by atoms with van der Waals surface area (Å²) in [4.78, 5) is 0. The second-order valence-electron chi connectivity index (χ2n) is 4.25. The van der Waals surface area contributed by atoms with Gasteiger partial charge in [0.25, 0.3) is 0 Å². The summed E-state index contributed by atoms with van der Waals surface area (Å²) in [5, 5.41) is 0. The number of nitrogens with two attached hydrogens (primary N) is 1. The first kappa shape index (κ1) is 8.52. The highest BCUT2D eigenvalue weighted by molar-refractivity contribution is 4.84. The highest BCUT2D eigenvalue weighted by Gasteiger charge is 2.29. The van der Waals surface area contributed by atoms with Crippen molar-refractivity contribution in [1.82, 2.24) is 0 Å². The molecule has 0 aliphatic heterocycles. The van der Waals surface area contributed by atoms with Crippen LogP contribution in [0.25, 0.3) is 0 Å². The van der Waals surface area contributed by atoms with E-state index in [2.05, 4.69) is 0 Å². The molecule has 0 aromatic rings. The Morgan fingerprint density at radius 3 is 2.17 bits per heavy atom. The summed E-state index contributed by atoms with van der Waals surface area (Å²) in [7, 11) is 0. The molecular weight excluding hydrogens is 150 g/mol. The molecule has 0 amide bonds. The Morgan fingerprint density at radius 2 is 1.58 bits per heavy atom. The van der Waals surface area contributed by atoms with Crippen LogP contribution in [-0.2, 0) is 4.74 Å². The summed E-state index contributed by atoms with van der Waals surface area (Å²) in [5.74, 6) is 0. The highest BCUT2D eigenvalue weighted by Crippen LogP contribution is 2.28. The van der Waals surface area contributed by atoms with Crippen LogP contribution in [0.1, 0.15) is 44.9 Å².